The van der Waals surface area contributed by atoms with E-state index < -0.39 is 12.0 Å². The van der Waals surface area contributed by atoms with Crippen LogP contribution in [0.15, 0.2) is 18.2 Å². The molecule has 17 heavy (non-hydrogen) atoms. The predicted molar refractivity (Wildman–Crippen MR) is 67.5 cm³/mol. The van der Waals surface area contributed by atoms with Gasteiger partial charge in [0, 0.05) is 22.2 Å². The molecule has 0 aliphatic carbocycles. The number of aliphatic carboxylic acids is 1. The van der Waals surface area contributed by atoms with Gasteiger partial charge in [-0.25, -0.2) is 0 Å². The van der Waals surface area contributed by atoms with E-state index >= 15 is 0 Å². The minimum Gasteiger partial charge on any atom is -0.480 e. The first-order chi connectivity index (χ1) is 8.09. The number of carbonyl (C=O) groups is 1. The highest BCUT2D eigenvalue weighted by atomic mass is 35.5. The second kappa shape index (κ2) is 5.25. The molecule has 0 spiro atoms. The maximum Gasteiger partial charge on any atom is 0.320 e. The van der Waals surface area contributed by atoms with Crippen LogP contribution in [0.5, 0.6) is 0 Å². The third-order valence-corrected chi connectivity index (χ3v) is 3.78. The van der Waals surface area contributed by atoms with Gasteiger partial charge in [0.25, 0.3) is 0 Å². The fourth-order valence-corrected chi connectivity index (χ4v) is 2.70. The summed E-state index contributed by atoms with van der Waals surface area (Å²) in [5.41, 5.74) is 0.809. The van der Waals surface area contributed by atoms with Crippen molar-refractivity contribution >= 4 is 29.2 Å². The van der Waals surface area contributed by atoms with Gasteiger partial charge >= 0.3 is 5.97 Å². The zero-order chi connectivity index (χ0) is 12.4. The molecule has 0 bridgehead atoms. The molecule has 1 saturated heterocycles. The van der Waals surface area contributed by atoms with Crippen molar-refractivity contribution in [2.24, 2.45) is 0 Å². The first kappa shape index (κ1) is 12.7. The molecule has 0 saturated carbocycles. The van der Waals surface area contributed by atoms with Crippen LogP contribution in [0.25, 0.3) is 0 Å². The lowest BCUT2D eigenvalue weighted by Gasteiger charge is -2.22. The lowest BCUT2D eigenvalue weighted by molar-refractivity contribution is -0.142. The topological polar surface area (TPSA) is 40.5 Å². The van der Waals surface area contributed by atoms with Crippen LogP contribution in [0.4, 0.5) is 0 Å². The van der Waals surface area contributed by atoms with E-state index in [9.17, 15) is 4.79 Å². The number of nitrogens with zero attached hydrogens (tertiary/aromatic N) is 1. The lowest BCUT2D eigenvalue weighted by Crippen LogP contribution is -2.35. The van der Waals surface area contributed by atoms with E-state index in [0.717, 1.165) is 18.5 Å². The maximum absolute atomic E-state index is 11.1. The molecule has 0 unspecified atom stereocenters. The van der Waals surface area contributed by atoms with E-state index in [4.69, 9.17) is 28.3 Å². The number of rotatable bonds is 3. The summed E-state index contributed by atoms with van der Waals surface area (Å²) in [7, 11) is 0. The fraction of sp³-hybridized carbons (Fsp3) is 0.417. The number of hydrogen-bond acceptors (Lipinski definition) is 2. The first-order valence-electron chi connectivity index (χ1n) is 5.49. The number of benzene rings is 1. The van der Waals surface area contributed by atoms with Crippen LogP contribution in [0.3, 0.4) is 0 Å². The molecule has 3 nitrogen and oxygen atoms in total. The zero-order valence-corrected chi connectivity index (χ0v) is 10.7. The Balaban J connectivity index is 2.18. The SMILES string of the molecule is O=C(O)[C@H]1CCCN1Cc1c(Cl)cccc1Cl. The van der Waals surface area contributed by atoms with Crippen LogP contribution >= 0.6 is 23.2 Å². The summed E-state index contributed by atoms with van der Waals surface area (Å²) in [4.78, 5) is 13.0. The maximum atomic E-state index is 11.1. The largest absolute Gasteiger partial charge is 0.480 e. The van der Waals surface area contributed by atoms with Gasteiger partial charge in [0.05, 0.1) is 0 Å². The molecular weight excluding hydrogens is 261 g/mol. The molecule has 2 rings (SSSR count). The Morgan fingerprint density at radius 1 is 1.41 bits per heavy atom. The molecule has 0 aromatic heterocycles. The minimum absolute atomic E-state index is 0.415. The summed E-state index contributed by atoms with van der Waals surface area (Å²) in [6.45, 7) is 1.27. The van der Waals surface area contributed by atoms with Gasteiger partial charge in [0.1, 0.15) is 6.04 Å². The van der Waals surface area contributed by atoms with Gasteiger partial charge in [-0.3, -0.25) is 9.69 Å². The highest BCUT2D eigenvalue weighted by Crippen LogP contribution is 2.28. The van der Waals surface area contributed by atoms with Gasteiger partial charge in [0.15, 0.2) is 0 Å². The van der Waals surface area contributed by atoms with Crippen molar-refractivity contribution in [3.05, 3.63) is 33.8 Å². The lowest BCUT2D eigenvalue weighted by atomic mass is 10.2. The molecule has 1 aliphatic heterocycles. The second-order valence-corrected chi connectivity index (χ2v) is 4.98. The standard InChI is InChI=1S/C12H13Cl2NO2/c13-9-3-1-4-10(14)8(9)7-15-6-2-5-11(15)12(16)17/h1,3-4,11H,2,5-7H2,(H,16,17)/t11-/m1/s1. The Hall–Kier alpha value is -0.770. The van der Waals surface area contributed by atoms with Crippen LogP contribution in [0, 0.1) is 0 Å². The molecule has 0 radical (unpaired) electrons. The summed E-state index contributed by atoms with van der Waals surface area (Å²) in [5.74, 6) is -0.773. The second-order valence-electron chi connectivity index (χ2n) is 4.17. The summed E-state index contributed by atoms with van der Waals surface area (Å²) in [5, 5.41) is 10.3. The van der Waals surface area contributed by atoms with Crippen LogP contribution in [-0.2, 0) is 11.3 Å². The number of carboxylic acid groups (broad SMARTS) is 1. The van der Waals surface area contributed by atoms with Crippen molar-refractivity contribution in [2.45, 2.75) is 25.4 Å². The average Bonchev–Trinajstić information content (AvgIpc) is 2.72. The number of likely N-dealkylation sites (tertiary alicyclic amines) is 1. The number of halogens is 2. The van der Waals surface area contributed by atoms with E-state index in [2.05, 4.69) is 0 Å². The van der Waals surface area contributed by atoms with Gasteiger partial charge in [-0.05, 0) is 31.5 Å². The van der Waals surface area contributed by atoms with Crippen LogP contribution in [0.1, 0.15) is 18.4 Å². The van der Waals surface area contributed by atoms with Gasteiger partial charge in [0.2, 0.25) is 0 Å². The van der Waals surface area contributed by atoms with E-state index in [-0.39, 0.29) is 0 Å². The molecule has 1 fully saturated rings. The third-order valence-electron chi connectivity index (χ3n) is 3.07. The van der Waals surface area contributed by atoms with Crippen LogP contribution < -0.4 is 0 Å². The number of carboxylic acids is 1. The molecule has 1 aliphatic rings. The Bertz CT molecular complexity index is 416. The molecule has 5 heteroatoms. The normalized spacial score (nSPS) is 20.7. The zero-order valence-electron chi connectivity index (χ0n) is 9.20. The molecule has 1 atom stereocenters. The van der Waals surface area contributed by atoms with Crippen molar-refractivity contribution in [2.75, 3.05) is 6.54 Å². The molecular formula is C12H13Cl2NO2. The molecule has 1 aromatic carbocycles. The fourth-order valence-electron chi connectivity index (χ4n) is 2.18. The smallest absolute Gasteiger partial charge is 0.320 e. The van der Waals surface area contributed by atoms with Crippen LogP contribution in [-0.4, -0.2) is 28.6 Å². The first-order valence-corrected chi connectivity index (χ1v) is 6.25. The Morgan fingerprint density at radius 3 is 2.65 bits per heavy atom. The van der Waals surface area contributed by atoms with E-state index in [1.807, 2.05) is 4.90 Å². The Kier molecular flexibility index (Phi) is 3.92. The quantitative estimate of drug-likeness (QED) is 0.921. The van der Waals surface area contributed by atoms with Crippen molar-refractivity contribution in [3.8, 4) is 0 Å². The number of hydrogen-bond donors (Lipinski definition) is 1. The molecule has 1 N–H and O–H groups in total. The van der Waals surface area contributed by atoms with E-state index in [1.54, 1.807) is 18.2 Å². The highest BCUT2D eigenvalue weighted by Gasteiger charge is 2.30. The van der Waals surface area contributed by atoms with Crippen molar-refractivity contribution in [3.63, 3.8) is 0 Å². The Morgan fingerprint density at radius 2 is 2.06 bits per heavy atom. The average molecular weight is 274 g/mol. The van der Waals surface area contributed by atoms with Gasteiger partial charge < -0.3 is 5.11 Å². The summed E-state index contributed by atoms with van der Waals surface area (Å²) < 4.78 is 0. The van der Waals surface area contributed by atoms with Crippen molar-refractivity contribution < 1.29 is 9.90 Å². The predicted octanol–water partition coefficient (Wildman–Crippen LogP) is 3.04. The summed E-state index contributed by atoms with van der Waals surface area (Å²) in [6, 6.07) is 4.91. The third kappa shape index (κ3) is 2.73. The summed E-state index contributed by atoms with van der Waals surface area (Å²) >= 11 is 12.2. The molecule has 0 amide bonds. The molecule has 1 aromatic rings. The van der Waals surface area contributed by atoms with E-state index in [0.29, 0.717) is 23.0 Å². The monoisotopic (exact) mass is 273 g/mol. The van der Waals surface area contributed by atoms with Crippen LogP contribution in [0.2, 0.25) is 10.0 Å². The molecule has 92 valence electrons. The molecule has 1 heterocycles. The van der Waals surface area contributed by atoms with Crippen molar-refractivity contribution in [1.82, 2.24) is 4.90 Å². The van der Waals surface area contributed by atoms with Gasteiger partial charge in [-0.1, -0.05) is 29.3 Å². The highest BCUT2D eigenvalue weighted by molar-refractivity contribution is 6.35. The Labute approximate surface area is 110 Å². The van der Waals surface area contributed by atoms with Gasteiger partial charge in [-0.15, -0.1) is 0 Å². The van der Waals surface area contributed by atoms with Gasteiger partial charge in [-0.2, -0.15) is 0 Å². The van der Waals surface area contributed by atoms with E-state index in [1.165, 1.54) is 0 Å². The van der Waals surface area contributed by atoms with Crippen molar-refractivity contribution in [1.29, 1.82) is 0 Å². The minimum atomic E-state index is -0.773. The summed E-state index contributed by atoms with van der Waals surface area (Å²) in [6.07, 6.45) is 1.59.